The normalized spacial score (nSPS) is 10.2. The molecule has 0 aliphatic carbocycles. The van der Waals surface area contributed by atoms with Crippen molar-refractivity contribution in [3.8, 4) is 5.75 Å². The minimum absolute atomic E-state index is 0.0776. The first-order valence-electron chi connectivity index (χ1n) is 5.70. The van der Waals surface area contributed by atoms with Gasteiger partial charge in [-0.05, 0) is 32.0 Å². The van der Waals surface area contributed by atoms with Crippen LogP contribution in [0.2, 0.25) is 0 Å². The van der Waals surface area contributed by atoms with E-state index in [2.05, 4.69) is 5.32 Å². The van der Waals surface area contributed by atoms with Gasteiger partial charge in [0.25, 0.3) is 0 Å². The fraction of sp³-hybridized carbons (Fsp3) is 0.385. The number of benzene rings is 1. The molecule has 0 aliphatic heterocycles. The summed E-state index contributed by atoms with van der Waals surface area (Å²) in [7, 11) is 0. The van der Waals surface area contributed by atoms with Crippen molar-refractivity contribution in [3.05, 3.63) is 29.6 Å². The zero-order chi connectivity index (χ0) is 13.5. The number of ether oxygens (including phenoxy) is 1. The van der Waals surface area contributed by atoms with Crippen molar-refractivity contribution in [2.75, 3.05) is 6.61 Å². The van der Waals surface area contributed by atoms with Crippen molar-refractivity contribution >= 4 is 12.2 Å². The monoisotopic (exact) mass is 253 g/mol. The highest BCUT2D eigenvalue weighted by Gasteiger charge is 2.07. The molecule has 0 unspecified atom stereocenters. The van der Waals surface area contributed by atoms with Gasteiger partial charge in [-0.1, -0.05) is 0 Å². The molecule has 0 heterocycles. The Hall–Kier alpha value is -1.91. The molecule has 1 N–H and O–H groups in total. The number of hydrogen-bond donors (Lipinski definition) is 1. The molecular formula is C13H16FNO3. The van der Waals surface area contributed by atoms with Gasteiger partial charge in [0.05, 0.1) is 18.6 Å². The van der Waals surface area contributed by atoms with Crippen LogP contribution in [-0.2, 0) is 4.79 Å². The van der Waals surface area contributed by atoms with Crippen LogP contribution >= 0.6 is 0 Å². The second-order valence-electron chi connectivity index (χ2n) is 4.12. The standard InChI is InChI=1S/C13H16FNO3/c1-9(2)15-13(17)5-6-18-12-4-3-11(14)7-10(12)8-16/h3-4,7-9H,5-6H2,1-2H3,(H,15,17). The van der Waals surface area contributed by atoms with Crippen LogP contribution in [0.3, 0.4) is 0 Å². The maximum atomic E-state index is 12.8. The molecule has 0 saturated heterocycles. The highest BCUT2D eigenvalue weighted by molar-refractivity contribution is 5.79. The summed E-state index contributed by atoms with van der Waals surface area (Å²) in [6, 6.07) is 3.75. The lowest BCUT2D eigenvalue weighted by Gasteiger charge is -2.10. The van der Waals surface area contributed by atoms with E-state index in [1.165, 1.54) is 12.1 Å². The Labute approximate surface area is 105 Å². The van der Waals surface area contributed by atoms with Crippen LogP contribution in [-0.4, -0.2) is 24.8 Å². The van der Waals surface area contributed by atoms with Gasteiger partial charge in [-0.15, -0.1) is 0 Å². The average molecular weight is 253 g/mol. The first-order valence-corrected chi connectivity index (χ1v) is 5.70. The van der Waals surface area contributed by atoms with Crippen molar-refractivity contribution in [2.24, 2.45) is 0 Å². The molecule has 1 rings (SSSR count). The van der Waals surface area contributed by atoms with Gasteiger partial charge >= 0.3 is 0 Å². The van der Waals surface area contributed by atoms with E-state index in [0.29, 0.717) is 6.29 Å². The van der Waals surface area contributed by atoms with Crippen LogP contribution in [0, 0.1) is 5.82 Å². The third-order valence-corrected chi connectivity index (χ3v) is 2.14. The van der Waals surface area contributed by atoms with Crippen LogP contribution in [0.25, 0.3) is 0 Å². The molecule has 0 saturated carbocycles. The predicted molar refractivity (Wildman–Crippen MR) is 65.2 cm³/mol. The Kier molecular flexibility index (Phi) is 5.30. The summed E-state index contributed by atoms with van der Waals surface area (Å²) in [4.78, 5) is 22.0. The number of hydrogen-bond acceptors (Lipinski definition) is 3. The highest BCUT2D eigenvalue weighted by atomic mass is 19.1. The van der Waals surface area contributed by atoms with Gasteiger partial charge in [-0.3, -0.25) is 9.59 Å². The minimum atomic E-state index is -0.498. The molecule has 0 bridgehead atoms. The van der Waals surface area contributed by atoms with Crippen LogP contribution in [0.4, 0.5) is 4.39 Å². The Morgan fingerprint density at radius 3 is 2.83 bits per heavy atom. The summed E-state index contributed by atoms with van der Waals surface area (Å²) in [5, 5.41) is 2.72. The molecule has 0 aliphatic rings. The lowest BCUT2D eigenvalue weighted by atomic mass is 10.2. The molecule has 0 atom stereocenters. The van der Waals surface area contributed by atoms with Crippen molar-refractivity contribution in [1.29, 1.82) is 0 Å². The summed E-state index contributed by atoms with van der Waals surface area (Å²) < 4.78 is 18.1. The fourth-order valence-corrected chi connectivity index (χ4v) is 1.39. The molecule has 1 aromatic rings. The van der Waals surface area contributed by atoms with Gasteiger partial charge < -0.3 is 10.1 Å². The number of carbonyl (C=O) groups is 2. The van der Waals surface area contributed by atoms with Crippen molar-refractivity contribution in [3.63, 3.8) is 0 Å². The van der Waals surface area contributed by atoms with Crippen LogP contribution in [0.1, 0.15) is 30.6 Å². The van der Waals surface area contributed by atoms with E-state index < -0.39 is 5.82 Å². The van der Waals surface area contributed by atoms with Crippen LogP contribution < -0.4 is 10.1 Å². The largest absolute Gasteiger partial charge is 0.492 e. The Bertz CT molecular complexity index is 432. The smallest absolute Gasteiger partial charge is 0.223 e. The molecule has 0 fully saturated rings. The number of carbonyl (C=O) groups excluding carboxylic acids is 2. The quantitative estimate of drug-likeness (QED) is 0.788. The lowest BCUT2D eigenvalue weighted by molar-refractivity contribution is -0.122. The molecule has 98 valence electrons. The van der Waals surface area contributed by atoms with Crippen molar-refractivity contribution in [2.45, 2.75) is 26.3 Å². The van der Waals surface area contributed by atoms with Gasteiger partial charge in [-0.25, -0.2) is 4.39 Å². The Morgan fingerprint density at radius 1 is 1.50 bits per heavy atom. The van der Waals surface area contributed by atoms with Gasteiger partial charge in [0.15, 0.2) is 6.29 Å². The topological polar surface area (TPSA) is 55.4 Å². The van der Waals surface area contributed by atoms with E-state index in [9.17, 15) is 14.0 Å². The molecule has 1 amide bonds. The lowest BCUT2D eigenvalue weighted by Crippen LogP contribution is -2.31. The van der Waals surface area contributed by atoms with E-state index in [4.69, 9.17) is 4.74 Å². The average Bonchev–Trinajstić information content (AvgIpc) is 2.30. The van der Waals surface area contributed by atoms with Gasteiger partial charge in [0, 0.05) is 6.04 Å². The summed E-state index contributed by atoms with van der Waals surface area (Å²) in [5.41, 5.74) is 0.138. The van der Waals surface area contributed by atoms with Gasteiger partial charge in [-0.2, -0.15) is 0 Å². The molecule has 4 nitrogen and oxygen atoms in total. The Morgan fingerprint density at radius 2 is 2.22 bits per heavy atom. The van der Waals surface area contributed by atoms with E-state index in [-0.39, 0.29) is 36.3 Å². The van der Waals surface area contributed by atoms with E-state index >= 15 is 0 Å². The van der Waals surface area contributed by atoms with Gasteiger partial charge in [0.2, 0.25) is 5.91 Å². The summed E-state index contributed by atoms with van der Waals surface area (Å²) in [6.07, 6.45) is 0.709. The van der Waals surface area contributed by atoms with Crippen molar-refractivity contribution < 1.29 is 18.7 Å². The first-order chi connectivity index (χ1) is 8.52. The summed E-state index contributed by atoms with van der Waals surface area (Å²) in [6.45, 7) is 3.87. The summed E-state index contributed by atoms with van der Waals surface area (Å²) in [5.74, 6) is -0.342. The maximum absolute atomic E-state index is 12.8. The number of halogens is 1. The van der Waals surface area contributed by atoms with Crippen molar-refractivity contribution in [1.82, 2.24) is 5.32 Å². The SMILES string of the molecule is CC(C)NC(=O)CCOc1ccc(F)cc1C=O. The van der Waals surface area contributed by atoms with Crippen LogP contribution in [0.5, 0.6) is 5.75 Å². The minimum Gasteiger partial charge on any atom is -0.492 e. The molecule has 0 aromatic heterocycles. The third kappa shape index (κ3) is 4.53. The second kappa shape index (κ2) is 6.74. The molecule has 18 heavy (non-hydrogen) atoms. The van der Waals surface area contributed by atoms with E-state index in [0.717, 1.165) is 6.07 Å². The fourth-order valence-electron chi connectivity index (χ4n) is 1.39. The number of aldehydes is 1. The second-order valence-corrected chi connectivity index (χ2v) is 4.12. The summed E-state index contributed by atoms with van der Waals surface area (Å²) >= 11 is 0. The molecule has 1 aromatic carbocycles. The molecule has 5 heteroatoms. The number of nitrogens with one attached hydrogen (secondary N) is 1. The zero-order valence-electron chi connectivity index (χ0n) is 10.4. The number of rotatable bonds is 6. The molecule has 0 radical (unpaired) electrons. The predicted octanol–water partition coefficient (Wildman–Crippen LogP) is 1.93. The van der Waals surface area contributed by atoms with Crippen LogP contribution in [0.15, 0.2) is 18.2 Å². The first kappa shape index (κ1) is 14.2. The van der Waals surface area contributed by atoms with E-state index in [1.807, 2.05) is 13.8 Å². The zero-order valence-corrected chi connectivity index (χ0v) is 10.4. The molecular weight excluding hydrogens is 237 g/mol. The third-order valence-electron chi connectivity index (χ3n) is 2.14. The molecule has 0 spiro atoms. The highest BCUT2D eigenvalue weighted by Crippen LogP contribution is 2.17. The Balaban J connectivity index is 2.49. The van der Waals surface area contributed by atoms with Gasteiger partial charge in [0.1, 0.15) is 11.6 Å². The van der Waals surface area contributed by atoms with E-state index in [1.54, 1.807) is 0 Å². The number of amides is 1. The maximum Gasteiger partial charge on any atom is 0.223 e.